The van der Waals surface area contributed by atoms with E-state index in [1.165, 1.54) is 14.2 Å². The molecule has 0 spiro atoms. The minimum atomic E-state index is -0.498. The highest BCUT2D eigenvalue weighted by molar-refractivity contribution is 5.89. The van der Waals surface area contributed by atoms with Crippen LogP contribution in [0.5, 0.6) is 0 Å². The molecule has 2 fully saturated rings. The summed E-state index contributed by atoms with van der Waals surface area (Å²) in [7, 11) is 2.76. The maximum Gasteiger partial charge on any atom is 0.337 e. The lowest BCUT2D eigenvalue weighted by Crippen LogP contribution is -2.29. The van der Waals surface area contributed by atoms with Crippen LogP contribution < -0.4 is 0 Å². The Labute approximate surface area is 135 Å². The van der Waals surface area contributed by atoms with Crippen LogP contribution in [0.3, 0.4) is 0 Å². The lowest BCUT2D eigenvalue weighted by atomic mass is 9.98. The molecule has 1 saturated heterocycles. The van der Waals surface area contributed by atoms with Crippen molar-refractivity contribution in [2.75, 3.05) is 14.2 Å². The SMILES string of the molecule is COC(=O)c1ccc(CN2O[C@H](C(=O)OC)[C@H]3CCC[C@H]32)cc1. The zero-order valence-electron chi connectivity index (χ0n) is 13.4. The summed E-state index contributed by atoms with van der Waals surface area (Å²) in [4.78, 5) is 29.2. The number of nitrogens with zero attached hydrogens (tertiary/aromatic N) is 1. The van der Waals surface area contributed by atoms with Gasteiger partial charge in [0.2, 0.25) is 0 Å². The highest BCUT2D eigenvalue weighted by Crippen LogP contribution is 2.40. The molecular formula is C17H21NO5. The number of carbonyl (C=O) groups is 2. The molecule has 0 aromatic heterocycles. The van der Waals surface area contributed by atoms with E-state index in [2.05, 4.69) is 0 Å². The molecule has 0 unspecified atom stereocenters. The van der Waals surface area contributed by atoms with E-state index in [0.717, 1.165) is 24.8 Å². The van der Waals surface area contributed by atoms with Crippen molar-refractivity contribution in [1.82, 2.24) is 5.06 Å². The van der Waals surface area contributed by atoms with Gasteiger partial charge in [0.25, 0.3) is 0 Å². The summed E-state index contributed by atoms with van der Waals surface area (Å²) in [5.41, 5.74) is 1.54. The Morgan fingerprint density at radius 3 is 2.57 bits per heavy atom. The van der Waals surface area contributed by atoms with Gasteiger partial charge in [0.1, 0.15) is 0 Å². The Morgan fingerprint density at radius 2 is 1.91 bits per heavy atom. The first-order chi connectivity index (χ1) is 11.1. The quantitative estimate of drug-likeness (QED) is 0.790. The van der Waals surface area contributed by atoms with E-state index in [1.54, 1.807) is 12.1 Å². The molecule has 23 heavy (non-hydrogen) atoms. The van der Waals surface area contributed by atoms with Crippen molar-refractivity contribution in [2.45, 2.75) is 38.0 Å². The summed E-state index contributed by atoms with van der Waals surface area (Å²) >= 11 is 0. The van der Waals surface area contributed by atoms with Crippen molar-refractivity contribution in [3.05, 3.63) is 35.4 Å². The molecule has 0 bridgehead atoms. The molecule has 3 atom stereocenters. The Hall–Kier alpha value is -1.92. The molecule has 1 aromatic rings. The third kappa shape index (κ3) is 3.09. The van der Waals surface area contributed by atoms with Crippen LogP contribution in [0.2, 0.25) is 0 Å². The van der Waals surface area contributed by atoms with Crippen molar-refractivity contribution in [2.24, 2.45) is 5.92 Å². The van der Waals surface area contributed by atoms with E-state index in [0.29, 0.717) is 12.1 Å². The summed E-state index contributed by atoms with van der Waals surface area (Å²) in [5, 5.41) is 1.90. The first kappa shape index (κ1) is 16.0. The second-order valence-electron chi connectivity index (χ2n) is 5.97. The van der Waals surface area contributed by atoms with E-state index < -0.39 is 6.10 Å². The van der Waals surface area contributed by atoms with Gasteiger partial charge in [-0.15, -0.1) is 0 Å². The molecule has 0 radical (unpaired) electrons. The summed E-state index contributed by atoms with van der Waals surface area (Å²) in [6, 6.07) is 7.48. The lowest BCUT2D eigenvalue weighted by molar-refractivity contribution is -0.193. The van der Waals surface area contributed by atoms with Gasteiger partial charge in [-0.05, 0) is 30.5 Å². The van der Waals surface area contributed by atoms with Crippen molar-refractivity contribution in [1.29, 1.82) is 0 Å². The highest BCUT2D eigenvalue weighted by Gasteiger charge is 2.49. The van der Waals surface area contributed by atoms with Gasteiger partial charge in [-0.1, -0.05) is 18.6 Å². The average molecular weight is 319 g/mol. The number of esters is 2. The first-order valence-corrected chi connectivity index (χ1v) is 7.82. The van der Waals surface area contributed by atoms with Gasteiger partial charge < -0.3 is 9.47 Å². The molecular weight excluding hydrogens is 298 g/mol. The number of hydrogen-bond donors (Lipinski definition) is 0. The fraction of sp³-hybridized carbons (Fsp3) is 0.529. The van der Waals surface area contributed by atoms with Crippen molar-refractivity contribution in [3.63, 3.8) is 0 Å². The normalized spacial score (nSPS) is 26.8. The van der Waals surface area contributed by atoms with Gasteiger partial charge in [-0.25, -0.2) is 9.59 Å². The van der Waals surface area contributed by atoms with Crippen molar-refractivity contribution in [3.8, 4) is 0 Å². The third-order valence-corrected chi connectivity index (χ3v) is 4.69. The Balaban J connectivity index is 1.70. The smallest absolute Gasteiger partial charge is 0.337 e. The van der Waals surface area contributed by atoms with Gasteiger partial charge in [-0.2, -0.15) is 5.06 Å². The molecule has 3 rings (SSSR count). The van der Waals surface area contributed by atoms with Gasteiger partial charge in [0.05, 0.1) is 19.8 Å². The summed E-state index contributed by atoms with van der Waals surface area (Å²) in [6.45, 7) is 0.579. The summed E-state index contributed by atoms with van der Waals surface area (Å²) in [5.74, 6) is -0.446. The average Bonchev–Trinajstić information content (AvgIpc) is 3.18. The van der Waals surface area contributed by atoms with Crippen LogP contribution in [-0.4, -0.2) is 43.4 Å². The second kappa shape index (κ2) is 6.68. The molecule has 0 amide bonds. The molecule has 6 nitrogen and oxygen atoms in total. The summed E-state index contributed by atoms with van der Waals surface area (Å²) < 4.78 is 9.55. The monoisotopic (exact) mass is 319 g/mol. The predicted molar refractivity (Wildman–Crippen MR) is 81.3 cm³/mol. The zero-order chi connectivity index (χ0) is 16.4. The number of carbonyl (C=O) groups excluding carboxylic acids is 2. The number of hydroxylamine groups is 2. The van der Waals surface area contributed by atoms with Crippen molar-refractivity contribution < 1.29 is 23.9 Å². The highest BCUT2D eigenvalue weighted by atomic mass is 16.7. The van der Waals surface area contributed by atoms with Crippen molar-refractivity contribution >= 4 is 11.9 Å². The minimum Gasteiger partial charge on any atom is -0.467 e. The molecule has 1 heterocycles. The van der Waals surface area contributed by atoms with Crippen LogP contribution in [0.4, 0.5) is 0 Å². The number of fused-ring (bicyclic) bond motifs is 1. The Morgan fingerprint density at radius 1 is 1.17 bits per heavy atom. The third-order valence-electron chi connectivity index (χ3n) is 4.69. The van der Waals surface area contributed by atoms with Crippen LogP contribution in [0.25, 0.3) is 0 Å². The van der Waals surface area contributed by atoms with E-state index in [4.69, 9.17) is 14.3 Å². The lowest BCUT2D eigenvalue weighted by Gasteiger charge is -2.21. The maximum absolute atomic E-state index is 11.9. The number of rotatable bonds is 4. The predicted octanol–water partition coefficient (Wildman–Crippen LogP) is 1.93. The van der Waals surface area contributed by atoms with Gasteiger partial charge >= 0.3 is 11.9 Å². The molecule has 2 aliphatic rings. The van der Waals surface area contributed by atoms with Crippen LogP contribution >= 0.6 is 0 Å². The minimum absolute atomic E-state index is 0.205. The first-order valence-electron chi connectivity index (χ1n) is 7.82. The number of ether oxygens (including phenoxy) is 2. The Bertz CT molecular complexity index is 585. The number of hydrogen-bond acceptors (Lipinski definition) is 6. The molecule has 0 N–H and O–H groups in total. The second-order valence-corrected chi connectivity index (χ2v) is 5.97. The fourth-order valence-corrected chi connectivity index (χ4v) is 3.51. The maximum atomic E-state index is 11.9. The van der Waals surface area contributed by atoms with Gasteiger partial charge in [-0.3, -0.25) is 4.84 Å². The fourth-order valence-electron chi connectivity index (χ4n) is 3.51. The van der Waals surface area contributed by atoms with Crippen LogP contribution in [-0.2, 0) is 25.7 Å². The summed E-state index contributed by atoms with van der Waals surface area (Å²) in [6.07, 6.45) is 2.62. The van der Waals surface area contributed by atoms with Crippen LogP contribution in [0.15, 0.2) is 24.3 Å². The van der Waals surface area contributed by atoms with E-state index >= 15 is 0 Å². The van der Waals surface area contributed by atoms with Crippen LogP contribution in [0.1, 0.15) is 35.2 Å². The van der Waals surface area contributed by atoms with E-state index in [-0.39, 0.29) is 23.9 Å². The largest absolute Gasteiger partial charge is 0.467 e. The molecule has 124 valence electrons. The molecule has 1 saturated carbocycles. The van der Waals surface area contributed by atoms with Gasteiger partial charge in [0, 0.05) is 18.5 Å². The standard InChI is InChI=1S/C17H21NO5/c1-21-16(19)12-8-6-11(7-9-12)10-18-14-5-3-4-13(14)15(23-18)17(20)22-2/h6-9,13-15H,3-5,10H2,1-2H3/t13-,14+,15-/m0/s1. The topological polar surface area (TPSA) is 65.1 Å². The molecule has 6 heteroatoms. The molecule has 1 aliphatic heterocycles. The van der Waals surface area contributed by atoms with Crippen LogP contribution in [0, 0.1) is 5.92 Å². The Kier molecular flexibility index (Phi) is 4.63. The van der Waals surface area contributed by atoms with E-state index in [9.17, 15) is 9.59 Å². The number of benzene rings is 1. The molecule has 1 aromatic carbocycles. The van der Waals surface area contributed by atoms with Gasteiger partial charge in [0.15, 0.2) is 6.10 Å². The zero-order valence-corrected chi connectivity index (χ0v) is 13.4. The van der Waals surface area contributed by atoms with E-state index in [1.807, 2.05) is 17.2 Å². The number of methoxy groups -OCH3 is 2. The molecule has 1 aliphatic carbocycles.